The first kappa shape index (κ1) is 28.1. The fourth-order valence-electron chi connectivity index (χ4n) is 5.58. The van der Waals surface area contributed by atoms with Crippen molar-refractivity contribution in [2.45, 2.75) is 56.8 Å². The quantitative estimate of drug-likeness (QED) is 0.451. The Kier molecular flexibility index (Phi) is 8.75. The van der Waals surface area contributed by atoms with Crippen LogP contribution < -0.4 is 15.1 Å². The van der Waals surface area contributed by atoms with Crippen LogP contribution in [0.4, 0.5) is 24.5 Å². The Bertz CT molecular complexity index is 1150. The van der Waals surface area contributed by atoms with Crippen LogP contribution in [-0.2, 0) is 15.7 Å². The Balaban J connectivity index is 1.41. The molecule has 1 amide bonds. The van der Waals surface area contributed by atoms with Crippen LogP contribution in [0.5, 0.6) is 0 Å². The van der Waals surface area contributed by atoms with E-state index in [0.29, 0.717) is 47.9 Å². The maximum atomic E-state index is 13.3. The number of halogens is 4. The van der Waals surface area contributed by atoms with Gasteiger partial charge in [-0.2, -0.15) is 13.2 Å². The molecule has 2 aromatic rings. The van der Waals surface area contributed by atoms with Crippen LogP contribution in [0, 0.1) is 5.92 Å². The molecule has 0 aromatic heterocycles. The Labute approximate surface area is 226 Å². The molecule has 0 bridgehead atoms. The van der Waals surface area contributed by atoms with Crippen molar-refractivity contribution < 1.29 is 27.5 Å². The second-order valence-electron chi connectivity index (χ2n) is 10.0. The van der Waals surface area contributed by atoms with E-state index < -0.39 is 17.7 Å². The largest absolute Gasteiger partial charge is 0.465 e. The predicted octanol–water partition coefficient (Wildman–Crippen LogP) is 5.93. The van der Waals surface area contributed by atoms with Crippen LogP contribution in [0.2, 0.25) is 5.02 Å². The number of amides is 1. The zero-order valence-electron chi connectivity index (χ0n) is 21.6. The third-order valence-electron chi connectivity index (χ3n) is 7.70. The van der Waals surface area contributed by atoms with E-state index in [4.69, 9.17) is 16.3 Å². The maximum absolute atomic E-state index is 13.3. The van der Waals surface area contributed by atoms with Gasteiger partial charge in [0.25, 0.3) is 0 Å². The fraction of sp³-hybridized carbons (Fsp3) is 0.500. The highest BCUT2D eigenvalue weighted by Gasteiger charge is 2.35. The normalized spacial score (nSPS) is 20.6. The molecule has 38 heavy (non-hydrogen) atoms. The minimum absolute atomic E-state index is 0.0280. The van der Waals surface area contributed by atoms with Gasteiger partial charge in [0.15, 0.2) is 0 Å². The number of nitrogens with zero attached hydrogens (tertiary/aromatic N) is 2. The molecule has 6 nitrogen and oxygen atoms in total. The zero-order chi connectivity index (χ0) is 27.4. The minimum Gasteiger partial charge on any atom is -0.465 e. The number of anilines is 2. The van der Waals surface area contributed by atoms with E-state index in [1.165, 1.54) is 19.2 Å². The number of methoxy groups -OCH3 is 1. The molecule has 4 rings (SSSR count). The first-order chi connectivity index (χ1) is 18.1. The standard InChI is InChI=1S/C28H33ClF3N3O3/c1-34(25-17-20(29)10-11-22(25)27(37)38-2)24-9-4-3-8-23(24)33-26(36)18-12-14-35(15-13-18)21-7-5-6-19(16-21)28(30,31)32/h5-7,10-11,16-18,23-24H,3-4,8-9,12-15H2,1-2H3,(H,33,36)/t23-,24-/m0/s1. The van der Waals surface area contributed by atoms with Crippen molar-refractivity contribution in [3.8, 4) is 0 Å². The summed E-state index contributed by atoms with van der Waals surface area (Å²) in [5, 5.41) is 3.76. The van der Waals surface area contributed by atoms with Gasteiger partial charge in [0.1, 0.15) is 0 Å². The molecule has 0 spiro atoms. The molecule has 2 aromatic carbocycles. The molecule has 206 valence electrons. The number of benzene rings is 2. The molecule has 1 N–H and O–H groups in total. The fourth-order valence-corrected chi connectivity index (χ4v) is 5.75. The van der Waals surface area contributed by atoms with Crippen LogP contribution in [-0.4, -0.2) is 51.2 Å². The van der Waals surface area contributed by atoms with Gasteiger partial charge < -0.3 is 19.9 Å². The van der Waals surface area contributed by atoms with Gasteiger partial charge in [-0.1, -0.05) is 30.5 Å². The Morgan fingerprint density at radius 2 is 1.76 bits per heavy atom. The van der Waals surface area contributed by atoms with Crippen LogP contribution in [0.1, 0.15) is 54.4 Å². The van der Waals surface area contributed by atoms with Gasteiger partial charge in [-0.05, 0) is 62.1 Å². The minimum atomic E-state index is -4.39. The number of ether oxygens (including phenoxy) is 1. The number of carbonyl (C=O) groups is 2. The Hall–Kier alpha value is -2.94. The number of alkyl halides is 3. The van der Waals surface area contributed by atoms with Crippen LogP contribution >= 0.6 is 11.6 Å². The third kappa shape index (κ3) is 6.37. The summed E-state index contributed by atoms with van der Waals surface area (Å²) < 4.78 is 44.3. The highest BCUT2D eigenvalue weighted by molar-refractivity contribution is 6.31. The SMILES string of the molecule is COC(=O)c1ccc(Cl)cc1N(C)[C@H]1CCCC[C@@H]1NC(=O)C1CCN(c2cccc(C(F)(F)F)c2)CC1. The second-order valence-corrected chi connectivity index (χ2v) is 10.5. The van der Waals surface area contributed by atoms with Crippen molar-refractivity contribution in [2.24, 2.45) is 5.92 Å². The first-order valence-electron chi connectivity index (χ1n) is 12.9. The molecular weight excluding hydrogens is 519 g/mol. The van der Waals surface area contributed by atoms with Gasteiger partial charge in [-0.25, -0.2) is 4.79 Å². The molecule has 1 saturated carbocycles. The number of esters is 1. The summed E-state index contributed by atoms with van der Waals surface area (Å²) in [5.41, 5.74) is 0.926. The highest BCUT2D eigenvalue weighted by Crippen LogP contribution is 2.34. The van der Waals surface area contributed by atoms with Crippen molar-refractivity contribution in [2.75, 3.05) is 37.0 Å². The molecule has 2 fully saturated rings. The molecular formula is C28H33ClF3N3O3. The van der Waals surface area contributed by atoms with Crippen molar-refractivity contribution in [3.63, 3.8) is 0 Å². The van der Waals surface area contributed by atoms with Gasteiger partial charge in [0.2, 0.25) is 5.91 Å². The maximum Gasteiger partial charge on any atom is 0.416 e. The average molecular weight is 552 g/mol. The van der Waals surface area contributed by atoms with Crippen LogP contribution in [0.3, 0.4) is 0 Å². The van der Waals surface area contributed by atoms with Crippen LogP contribution in [0.15, 0.2) is 42.5 Å². The molecule has 1 saturated heterocycles. The van der Waals surface area contributed by atoms with Crippen molar-refractivity contribution >= 4 is 34.9 Å². The lowest BCUT2D eigenvalue weighted by Crippen LogP contribution is -2.54. The summed E-state index contributed by atoms with van der Waals surface area (Å²) >= 11 is 6.25. The number of nitrogens with one attached hydrogen (secondary N) is 1. The van der Waals surface area contributed by atoms with Gasteiger partial charge in [-0.15, -0.1) is 0 Å². The smallest absolute Gasteiger partial charge is 0.416 e. The van der Waals surface area contributed by atoms with E-state index in [9.17, 15) is 22.8 Å². The van der Waals surface area contributed by atoms with E-state index >= 15 is 0 Å². The monoisotopic (exact) mass is 551 g/mol. The number of hydrogen-bond donors (Lipinski definition) is 1. The van der Waals surface area contributed by atoms with E-state index in [0.717, 1.165) is 31.7 Å². The molecule has 1 heterocycles. The molecule has 0 radical (unpaired) electrons. The van der Waals surface area contributed by atoms with Gasteiger partial charge >= 0.3 is 12.1 Å². The molecule has 10 heteroatoms. The lowest BCUT2D eigenvalue weighted by molar-refractivity contribution is -0.137. The van der Waals surface area contributed by atoms with E-state index in [-0.39, 0.29) is 23.9 Å². The number of likely N-dealkylation sites (N-methyl/N-ethyl adjacent to an activating group) is 1. The molecule has 0 unspecified atom stereocenters. The molecule has 2 atom stereocenters. The number of piperidine rings is 1. The average Bonchev–Trinajstić information content (AvgIpc) is 2.92. The Morgan fingerprint density at radius 3 is 2.45 bits per heavy atom. The van der Waals surface area contributed by atoms with Crippen molar-refractivity contribution in [3.05, 3.63) is 58.6 Å². The Morgan fingerprint density at radius 1 is 1.05 bits per heavy atom. The number of carbonyl (C=O) groups excluding carboxylic acids is 2. The first-order valence-corrected chi connectivity index (χ1v) is 13.3. The van der Waals surface area contributed by atoms with E-state index in [1.807, 2.05) is 16.8 Å². The summed E-state index contributed by atoms with van der Waals surface area (Å²) in [7, 11) is 3.24. The molecule has 1 aliphatic carbocycles. The molecule has 1 aliphatic heterocycles. The van der Waals surface area contributed by atoms with Gasteiger partial charge in [0, 0.05) is 48.8 Å². The van der Waals surface area contributed by atoms with E-state index in [2.05, 4.69) is 5.32 Å². The summed E-state index contributed by atoms with van der Waals surface area (Å²) in [6.07, 6.45) is 0.404. The van der Waals surface area contributed by atoms with Gasteiger partial charge in [-0.3, -0.25) is 4.79 Å². The number of rotatable bonds is 6. The van der Waals surface area contributed by atoms with Crippen molar-refractivity contribution in [1.82, 2.24) is 5.32 Å². The highest BCUT2D eigenvalue weighted by atomic mass is 35.5. The van der Waals surface area contributed by atoms with Crippen LogP contribution in [0.25, 0.3) is 0 Å². The van der Waals surface area contributed by atoms with Crippen molar-refractivity contribution in [1.29, 1.82) is 0 Å². The lowest BCUT2D eigenvalue weighted by atomic mass is 9.87. The lowest BCUT2D eigenvalue weighted by Gasteiger charge is -2.41. The number of hydrogen-bond acceptors (Lipinski definition) is 5. The summed E-state index contributed by atoms with van der Waals surface area (Å²) in [4.78, 5) is 29.6. The van der Waals surface area contributed by atoms with Gasteiger partial charge in [0.05, 0.1) is 23.9 Å². The molecule has 2 aliphatic rings. The topological polar surface area (TPSA) is 61.9 Å². The summed E-state index contributed by atoms with van der Waals surface area (Å²) in [6.45, 7) is 1.02. The summed E-state index contributed by atoms with van der Waals surface area (Å²) in [5.74, 6) is -0.688. The van der Waals surface area contributed by atoms with E-state index in [1.54, 1.807) is 24.3 Å². The summed E-state index contributed by atoms with van der Waals surface area (Å²) in [6, 6.07) is 10.2. The second kappa shape index (κ2) is 11.8. The zero-order valence-corrected chi connectivity index (χ0v) is 22.3. The predicted molar refractivity (Wildman–Crippen MR) is 142 cm³/mol. The third-order valence-corrected chi connectivity index (χ3v) is 7.94.